The predicted molar refractivity (Wildman–Crippen MR) is 97.4 cm³/mol. The fraction of sp³-hybridized carbons (Fsp3) is 0.0588. The number of fused-ring (bicyclic) bond motifs is 1. The summed E-state index contributed by atoms with van der Waals surface area (Å²) in [5.41, 5.74) is -0.241. The molecule has 3 aromatic carbocycles. The van der Waals surface area contributed by atoms with Crippen LogP contribution >= 0.6 is 11.8 Å². The van der Waals surface area contributed by atoms with E-state index in [0.29, 0.717) is 4.90 Å². The molecule has 0 saturated heterocycles. The highest BCUT2D eigenvalue weighted by Crippen LogP contribution is 2.37. The second-order valence-corrected chi connectivity index (χ2v) is 8.21. The minimum absolute atomic E-state index is 0.135. The summed E-state index contributed by atoms with van der Waals surface area (Å²) >= 11 is 1.23. The highest BCUT2D eigenvalue weighted by molar-refractivity contribution is 7.99. The minimum atomic E-state index is -3.74. The lowest BCUT2D eigenvalue weighted by Crippen LogP contribution is -2.18. The van der Waals surface area contributed by atoms with E-state index in [9.17, 15) is 18.5 Å². The Morgan fingerprint density at radius 1 is 1.00 bits per heavy atom. The van der Waals surface area contributed by atoms with Crippen LogP contribution in [0.3, 0.4) is 0 Å². The Kier molecular flexibility index (Phi) is 4.76. The first kappa shape index (κ1) is 17.4. The van der Waals surface area contributed by atoms with Gasteiger partial charge in [-0.25, -0.2) is 13.1 Å². The molecule has 0 heterocycles. The van der Waals surface area contributed by atoms with E-state index in [4.69, 9.17) is 0 Å². The average molecular weight is 374 g/mol. The molecule has 1 N–H and O–H groups in total. The zero-order valence-corrected chi connectivity index (χ0v) is 14.8. The zero-order chi connectivity index (χ0) is 18.0. The van der Waals surface area contributed by atoms with Gasteiger partial charge in [0.1, 0.15) is 0 Å². The Morgan fingerprint density at radius 2 is 1.72 bits per heavy atom. The number of benzene rings is 3. The molecule has 0 aliphatic rings. The van der Waals surface area contributed by atoms with Crippen LogP contribution in [0.4, 0.5) is 5.69 Å². The Balaban J connectivity index is 2.02. The number of nitro groups is 1. The standard InChI is InChI=1S/C17H14N2O4S2/c1-18-25(22,23)15-8-9-17(16(11-15)19(20)21)24-14-7-6-12-4-2-3-5-13(12)10-14/h2-11,18H,1H3. The third-order valence-electron chi connectivity index (χ3n) is 3.65. The van der Waals surface area contributed by atoms with E-state index in [1.165, 1.54) is 30.9 Å². The maximum Gasteiger partial charge on any atom is 0.284 e. The van der Waals surface area contributed by atoms with E-state index in [-0.39, 0.29) is 10.6 Å². The van der Waals surface area contributed by atoms with Crippen LogP contribution in [0.5, 0.6) is 0 Å². The van der Waals surface area contributed by atoms with Gasteiger partial charge in [0.15, 0.2) is 0 Å². The summed E-state index contributed by atoms with van der Waals surface area (Å²) in [6.07, 6.45) is 0. The molecule has 0 aliphatic heterocycles. The average Bonchev–Trinajstić information content (AvgIpc) is 2.61. The number of nitrogens with zero attached hydrogens (tertiary/aromatic N) is 1. The molecule has 0 unspecified atom stereocenters. The minimum Gasteiger partial charge on any atom is -0.258 e. The summed E-state index contributed by atoms with van der Waals surface area (Å²) < 4.78 is 25.9. The number of hydrogen-bond donors (Lipinski definition) is 1. The SMILES string of the molecule is CNS(=O)(=O)c1ccc(Sc2ccc3ccccc3c2)c([N+](=O)[O-])c1. The van der Waals surface area contributed by atoms with Gasteiger partial charge in [-0.1, -0.05) is 42.1 Å². The Morgan fingerprint density at radius 3 is 2.40 bits per heavy atom. The van der Waals surface area contributed by atoms with Crippen LogP contribution in [0.15, 0.2) is 75.4 Å². The van der Waals surface area contributed by atoms with Crippen LogP contribution in [0.1, 0.15) is 0 Å². The van der Waals surface area contributed by atoms with Crippen LogP contribution in [0, 0.1) is 10.1 Å². The first-order chi connectivity index (χ1) is 11.9. The molecule has 0 aliphatic carbocycles. The maximum atomic E-state index is 11.9. The number of nitro benzene ring substituents is 1. The quantitative estimate of drug-likeness (QED) is 0.542. The van der Waals surface area contributed by atoms with Crippen molar-refractivity contribution >= 4 is 38.2 Å². The second-order valence-electron chi connectivity index (χ2n) is 5.21. The molecule has 0 fully saturated rings. The van der Waals surface area contributed by atoms with Gasteiger partial charge in [0.25, 0.3) is 5.69 Å². The molecule has 0 saturated carbocycles. The highest BCUT2D eigenvalue weighted by atomic mass is 32.2. The molecule has 3 aromatic rings. The molecule has 128 valence electrons. The van der Waals surface area contributed by atoms with Gasteiger partial charge in [-0.3, -0.25) is 10.1 Å². The lowest BCUT2D eigenvalue weighted by molar-refractivity contribution is -0.388. The fourth-order valence-corrected chi connectivity index (χ4v) is 4.07. The van der Waals surface area contributed by atoms with Crippen molar-refractivity contribution in [1.29, 1.82) is 0 Å². The van der Waals surface area contributed by atoms with Gasteiger partial charge in [-0.2, -0.15) is 0 Å². The summed E-state index contributed by atoms with van der Waals surface area (Å²) in [6, 6.07) is 17.5. The third kappa shape index (κ3) is 3.65. The summed E-state index contributed by atoms with van der Waals surface area (Å²) in [4.78, 5) is 11.9. The van der Waals surface area contributed by atoms with Gasteiger partial charge in [0, 0.05) is 11.0 Å². The molecule has 0 aromatic heterocycles. The summed E-state index contributed by atoms with van der Waals surface area (Å²) in [6.45, 7) is 0. The smallest absolute Gasteiger partial charge is 0.258 e. The van der Waals surface area contributed by atoms with Gasteiger partial charge < -0.3 is 0 Å². The third-order valence-corrected chi connectivity index (χ3v) is 6.12. The van der Waals surface area contributed by atoms with E-state index >= 15 is 0 Å². The molecule has 6 nitrogen and oxygen atoms in total. The number of nitrogens with one attached hydrogen (secondary N) is 1. The first-order valence-electron chi connectivity index (χ1n) is 7.29. The van der Waals surface area contributed by atoms with Crippen LogP contribution in [-0.2, 0) is 10.0 Å². The molecule has 0 amide bonds. The molecule has 0 bridgehead atoms. The highest BCUT2D eigenvalue weighted by Gasteiger charge is 2.21. The van der Waals surface area contributed by atoms with E-state index in [1.807, 2.05) is 42.5 Å². The Bertz CT molecular complexity index is 1070. The normalized spacial score (nSPS) is 11.6. The molecular formula is C17H14N2O4S2. The zero-order valence-electron chi connectivity index (χ0n) is 13.2. The van der Waals surface area contributed by atoms with Crippen molar-refractivity contribution in [2.24, 2.45) is 0 Å². The molecule has 25 heavy (non-hydrogen) atoms. The summed E-state index contributed by atoms with van der Waals surface area (Å²) in [5.74, 6) is 0. The summed E-state index contributed by atoms with van der Waals surface area (Å²) in [5, 5.41) is 13.5. The fourth-order valence-electron chi connectivity index (χ4n) is 2.37. The maximum absolute atomic E-state index is 11.9. The lowest BCUT2D eigenvalue weighted by Gasteiger charge is -2.07. The van der Waals surface area contributed by atoms with Crippen molar-refractivity contribution in [3.63, 3.8) is 0 Å². The van der Waals surface area contributed by atoms with Crippen LogP contribution in [-0.4, -0.2) is 20.4 Å². The number of sulfonamides is 1. The van der Waals surface area contributed by atoms with Gasteiger partial charge in [0.05, 0.1) is 14.7 Å². The second kappa shape index (κ2) is 6.83. The molecule has 0 spiro atoms. The largest absolute Gasteiger partial charge is 0.284 e. The first-order valence-corrected chi connectivity index (χ1v) is 9.59. The van der Waals surface area contributed by atoms with Crippen molar-refractivity contribution in [1.82, 2.24) is 4.72 Å². The van der Waals surface area contributed by atoms with Crippen molar-refractivity contribution in [2.75, 3.05) is 7.05 Å². The Hall–Kier alpha value is -2.42. The van der Waals surface area contributed by atoms with E-state index in [2.05, 4.69) is 4.72 Å². The molecule has 0 radical (unpaired) electrons. The number of hydrogen-bond acceptors (Lipinski definition) is 5. The van der Waals surface area contributed by atoms with E-state index in [0.717, 1.165) is 21.7 Å². The Labute approximate surface area is 149 Å². The van der Waals surface area contributed by atoms with Crippen LogP contribution in [0.25, 0.3) is 10.8 Å². The molecule has 0 atom stereocenters. The summed E-state index contributed by atoms with van der Waals surface area (Å²) in [7, 11) is -2.47. The van der Waals surface area contributed by atoms with E-state index < -0.39 is 14.9 Å². The van der Waals surface area contributed by atoms with E-state index in [1.54, 1.807) is 0 Å². The predicted octanol–water partition coefficient (Wildman–Crippen LogP) is 3.81. The van der Waals surface area contributed by atoms with Crippen molar-refractivity contribution in [3.8, 4) is 0 Å². The van der Waals surface area contributed by atoms with Crippen molar-refractivity contribution < 1.29 is 13.3 Å². The molecular weight excluding hydrogens is 360 g/mol. The topological polar surface area (TPSA) is 89.3 Å². The monoisotopic (exact) mass is 374 g/mol. The van der Waals surface area contributed by atoms with Gasteiger partial charge in [-0.05, 0) is 42.1 Å². The van der Waals surface area contributed by atoms with Gasteiger partial charge in [0.2, 0.25) is 10.0 Å². The molecule has 3 rings (SSSR count). The molecule has 8 heteroatoms. The van der Waals surface area contributed by atoms with Crippen LogP contribution < -0.4 is 4.72 Å². The van der Waals surface area contributed by atoms with Gasteiger partial charge >= 0.3 is 0 Å². The van der Waals surface area contributed by atoms with Crippen molar-refractivity contribution in [3.05, 3.63) is 70.8 Å². The van der Waals surface area contributed by atoms with Crippen LogP contribution in [0.2, 0.25) is 0 Å². The lowest BCUT2D eigenvalue weighted by atomic mass is 10.1. The number of rotatable bonds is 5. The van der Waals surface area contributed by atoms with Gasteiger partial charge in [-0.15, -0.1) is 0 Å². The van der Waals surface area contributed by atoms with Crippen molar-refractivity contribution in [2.45, 2.75) is 14.7 Å².